The molecule has 0 bridgehead atoms. The summed E-state index contributed by atoms with van der Waals surface area (Å²) in [5, 5.41) is 5.23. The highest BCUT2D eigenvalue weighted by Crippen LogP contribution is 2.26. The fourth-order valence-electron chi connectivity index (χ4n) is 0.861. The summed E-state index contributed by atoms with van der Waals surface area (Å²) in [6.07, 6.45) is 0. The van der Waals surface area contributed by atoms with Crippen LogP contribution in [0.25, 0.3) is 0 Å². The van der Waals surface area contributed by atoms with Crippen LogP contribution in [-0.4, -0.2) is 5.52 Å². The molecule has 5 nitrogen and oxygen atoms in total. The zero-order chi connectivity index (χ0) is 9.84. The molecule has 0 heterocycles. The van der Waals surface area contributed by atoms with Gasteiger partial charge in [0.05, 0.1) is 5.56 Å². The van der Waals surface area contributed by atoms with Crippen molar-refractivity contribution < 1.29 is 4.79 Å². The smallest absolute Gasteiger partial charge is 0.180 e. The van der Waals surface area contributed by atoms with E-state index < -0.39 is 0 Å². The third kappa shape index (κ3) is 2.00. The lowest BCUT2D eigenvalue weighted by Crippen LogP contribution is -1.87. The van der Waals surface area contributed by atoms with Gasteiger partial charge in [0.25, 0.3) is 0 Å². The number of rotatable bonds is 3. The Morgan fingerprint density at radius 3 is 2.38 bits per heavy atom. The zero-order valence-electron chi connectivity index (χ0n) is 6.43. The van der Waals surface area contributed by atoms with Gasteiger partial charge in [-0.2, -0.15) is 0 Å². The molecule has 0 fully saturated rings. The summed E-state index contributed by atoms with van der Waals surface area (Å²) in [5.74, 6) is 0. The van der Waals surface area contributed by atoms with Crippen LogP contribution < -0.4 is 0 Å². The highest BCUT2D eigenvalue weighted by atomic mass is 31.0. The van der Waals surface area contributed by atoms with Gasteiger partial charge >= 0.3 is 0 Å². The van der Waals surface area contributed by atoms with E-state index in [1.54, 1.807) is 0 Å². The van der Waals surface area contributed by atoms with E-state index in [2.05, 4.69) is 10.4 Å². The average Bonchev–Trinajstić information content (AvgIpc) is 2.16. The topological polar surface area (TPSA) is 75.9 Å². The van der Waals surface area contributed by atoms with Crippen molar-refractivity contribution in [1.82, 2.24) is 0 Å². The number of carbonyl (C=O) groups excluding carboxylic acids is 1. The fraction of sp³-hybridized carbons (Fsp3) is 0. The minimum absolute atomic E-state index is 0.0721. The maximum atomic E-state index is 10.9. The monoisotopic (exact) mass is 196 g/mol. The van der Waals surface area contributed by atoms with E-state index in [0.29, 0.717) is 0 Å². The van der Waals surface area contributed by atoms with Crippen molar-refractivity contribution >= 4 is 26.1 Å². The van der Waals surface area contributed by atoms with E-state index in [4.69, 9.17) is 0 Å². The summed E-state index contributed by atoms with van der Waals surface area (Å²) >= 11 is 0. The Hall–Kier alpha value is -1.48. The van der Waals surface area contributed by atoms with Crippen LogP contribution >= 0.6 is 9.24 Å². The highest BCUT2D eigenvalue weighted by Gasteiger charge is 2.08. The number of nitrogens with zero attached hydrogens (tertiary/aromatic N) is 2. The second kappa shape index (κ2) is 3.96. The number of hydrogen-bond acceptors (Lipinski definition) is 5. The summed E-state index contributed by atoms with van der Waals surface area (Å²) in [7, 11) is 1.92. The Morgan fingerprint density at radius 2 is 1.92 bits per heavy atom. The molecule has 1 unspecified atom stereocenters. The van der Waals surface area contributed by atoms with E-state index in [1.807, 2.05) is 9.24 Å². The van der Waals surface area contributed by atoms with Crippen molar-refractivity contribution in [1.29, 1.82) is 0 Å². The molecule has 0 radical (unpaired) electrons. The summed E-state index contributed by atoms with van der Waals surface area (Å²) in [5.41, 5.74) is -0.193. The van der Waals surface area contributed by atoms with E-state index >= 15 is 0 Å². The Balaban J connectivity index is 3.31. The second-order valence-corrected chi connectivity index (χ2v) is 2.77. The van der Waals surface area contributed by atoms with Crippen LogP contribution in [0.15, 0.2) is 28.6 Å². The SMILES string of the molecule is O=Nc1ccc(C(=O)P)c(N=O)c1. The molecule has 0 aromatic heterocycles. The van der Waals surface area contributed by atoms with E-state index in [1.165, 1.54) is 12.1 Å². The molecule has 0 aliphatic rings. The molecular formula is C7H5N2O3P. The van der Waals surface area contributed by atoms with Crippen LogP contribution in [0.2, 0.25) is 0 Å². The molecule has 1 aromatic carbocycles. The summed E-state index contributed by atoms with van der Waals surface area (Å²) in [4.78, 5) is 31.2. The van der Waals surface area contributed by atoms with Crippen LogP contribution in [-0.2, 0) is 0 Å². The quantitative estimate of drug-likeness (QED) is 0.550. The summed E-state index contributed by atoms with van der Waals surface area (Å²) < 4.78 is 0. The Bertz CT molecular complexity index is 378. The molecule has 0 aliphatic carbocycles. The van der Waals surface area contributed by atoms with Gasteiger partial charge in [-0.1, -0.05) is 9.24 Å². The van der Waals surface area contributed by atoms with Crippen molar-refractivity contribution in [3.63, 3.8) is 0 Å². The average molecular weight is 196 g/mol. The van der Waals surface area contributed by atoms with E-state index in [0.717, 1.165) is 6.07 Å². The van der Waals surface area contributed by atoms with Crippen LogP contribution in [0.5, 0.6) is 0 Å². The Labute approximate surface area is 75.7 Å². The molecule has 0 aliphatic heterocycles. The van der Waals surface area contributed by atoms with E-state index in [9.17, 15) is 14.6 Å². The molecule has 0 saturated carbocycles. The zero-order valence-corrected chi connectivity index (χ0v) is 7.58. The number of nitroso groups, excluding NO2 is 2. The van der Waals surface area contributed by atoms with Gasteiger partial charge in [0.1, 0.15) is 11.4 Å². The van der Waals surface area contributed by atoms with Gasteiger partial charge in [-0.05, 0) is 28.6 Å². The lowest BCUT2D eigenvalue weighted by Gasteiger charge is -1.97. The molecule has 6 heteroatoms. The summed E-state index contributed by atoms with van der Waals surface area (Å²) in [6.45, 7) is 0. The number of benzene rings is 1. The van der Waals surface area contributed by atoms with Crippen molar-refractivity contribution in [2.45, 2.75) is 0 Å². The second-order valence-electron chi connectivity index (χ2n) is 2.25. The molecule has 0 N–H and O–H groups in total. The van der Waals surface area contributed by atoms with Crippen molar-refractivity contribution in [2.24, 2.45) is 10.4 Å². The summed E-state index contributed by atoms with van der Waals surface area (Å²) in [6, 6.07) is 3.85. The van der Waals surface area contributed by atoms with Gasteiger partial charge < -0.3 is 0 Å². The van der Waals surface area contributed by atoms with Crippen LogP contribution in [0.4, 0.5) is 11.4 Å². The molecule has 13 heavy (non-hydrogen) atoms. The van der Waals surface area contributed by atoms with Gasteiger partial charge in [-0.3, -0.25) is 4.79 Å². The first-order chi connectivity index (χ1) is 6.19. The predicted molar refractivity (Wildman–Crippen MR) is 51.4 cm³/mol. The van der Waals surface area contributed by atoms with Crippen LogP contribution in [0.1, 0.15) is 10.4 Å². The minimum Gasteiger partial charge on any atom is -0.290 e. The van der Waals surface area contributed by atoms with Gasteiger partial charge in [0.2, 0.25) is 0 Å². The highest BCUT2D eigenvalue weighted by molar-refractivity contribution is 7.41. The normalized spacial score (nSPS) is 9.31. The first-order valence-electron chi connectivity index (χ1n) is 3.29. The van der Waals surface area contributed by atoms with Crippen molar-refractivity contribution in [3.05, 3.63) is 33.6 Å². The number of carbonyl (C=O) groups is 1. The standard InChI is InChI=1S/C7H5N2O3P/c10-7(13)5-2-1-4(8-11)3-6(5)9-12/h1-3H,13H2. The minimum atomic E-state index is -0.355. The number of hydrogen-bond donors (Lipinski definition) is 0. The molecule has 1 atom stereocenters. The van der Waals surface area contributed by atoms with Gasteiger partial charge in [-0.25, -0.2) is 0 Å². The van der Waals surface area contributed by atoms with Gasteiger partial charge in [-0.15, -0.1) is 9.81 Å². The lowest BCUT2D eigenvalue weighted by molar-refractivity contribution is 0.108. The molecule has 0 spiro atoms. The largest absolute Gasteiger partial charge is 0.290 e. The fourth-order valence-corrected chi connectivity index (χ4v) is 1.10. The first kappa shape index (κ1) is 9.61. The third-order valence-electron chi connectivity index (χ3n) is 1.45. The maximum absolute atomic E-state index is 10.9. The molecule has 1 aromatic rings. The van der Waals surface area contributed by atoms with Gasteiger partial charge in [0, 0.05) is 0 Å². The Kier molecular flexibility index (Phi) is 2.93. The third-order valence-corrected chi connectivity index (χ3v) is 1.76. The molecule has 0 amide bonds. The van der Waals surface area contributed by atoms with Crippen molar-refractivity contribution in [3.8, 4) is 0 Å². The maximum Gasteiger partial charge on any atom is 0.180 e. The molecule has 0 saturated heterocycles. The molecule has 66 valence electrons. The first-order valence-corrected chi connectivity index (χ1v) is 3.87. The predicted octanol–water partition coefficient (Wildman–Crippen LogP) is 2.50. The Morgan fingerprint density at radius 1 is 1.23 bits per heavy atom. The van der Waals surface area contributed by atoms with E-state index in [-0.39, 0.29) is 22.5 Å². The van der Waals surface area contributed by atoms with Gasteiger partial charge in [0.15, 0.2) is 5.52 Å². The lowest BCUT2D eigenvalue weighted by atomic mass is 10.2. The molecular weight excluding hydrogens is 191 g/mol. The van der Waals surface area contributed by atoms with Crippen molar-refractivity contribution in [2.75, 3.05) is 0 Å². The van der Waals surface area contributed by atoms with Crippen LogP contribution in [0.3, 0.4) is 0 Å². The molecule has 1 rings (SSSR count). The van der Waals surface area contributed by atoms with Crippen LogP contribution in [0, 0.1) is 9.81 Å².